The molecule has 2 aliphatic rings. The molecular weight excluding hydrogens is 398 g/mol. The van der Waals surface area contributed by atoms with E-state index in [1.807, 2.05) is 0 Å². The second-order valence-electron chi connectivity index (χ2n) is 7.49. The third-order valence-corrected chi connectivity index (χ3v) is 5.53. The summed E-state index contributed by atoms with van der Waals surface area (Å²) in [5.74, 6) is -3.51. The number of benzene rings is 1. The van der Waals surface area contributed by atoms with Crippen molar-refractivity contribution in [1.29, 1.82) is 0 Å². The highest BCUT2D eigenvalue weighted by Gasteiger charge is 2.34. The number of carboxylic acids is 1. The van der Waals surface area contributed by atoms with E-state index in [1.54, 1.807) is 0 Å². The Hall–Kier alpha value is -3.76. The number of carbonyl (C=O) groups is 1. The van der Waals surface area contributed by atoms with Crippen LogP contribution in [0.1, 0.15) is 40.5 Å². The standard InChI is InChI=1S/C19H16F2N6O3/c20-12-14(22)11-15(27(8-1-2-8)5-9(17(11)28)18(29)30)13(21)16(12)26-4-7-3-24-19(23)25-10(7)6-26/h3,5,8H,1-2,4,6,22H2,(H,29,30)(H2,23,24,25). The maximum absolute atomic E-state index is 15.7. The van der Waals surface area contributed by atoms with Crippen LogP contribution in [0.3, 0.4) is 0 Å². The molecule has 1 saturated carbocycles. The van der Waals surface area contributed by atoms with Crippen LogP contribution >= 0.6 is 0 Å². The molecule has 0 spiro atoms. The van der Waals surface area contributed by atoms with Gasteiger partial charge in [-0.25, -0.2) is 23.5 Å². The van der Waals surface area contributed by atoms with Crippen molar-refractivity contribution in [3.8, 4) is 0 Å². The van der Waals surface area contributed by atoms with Crippen LogP contribution in [0.4, 0.5) is 26.1 Å². The van der Waals surface area contributed by atoms with Crippen LogP contribution in [-0.4, -0.2) is 25.6 Å². The van der Waals surface area contributed by atoms with Gasteiger partial charge in [-0.05, 0) is 12.8 Å². The highest BCUT2D eigenvalue weighted by atomic mass is 19.1. The Morgan fingerprint density at radius 2 is 1.93 bits per heavy atom. The molecular formula is C19H16F2N6O3. The van der Waals surface area contributed by atoms with Gasteiger partial charge < -0.3 is 26.0 Å². The first-order chi connectivity index (χ1) is 14.3. The molecule has 0 atom stereocenters. The fourth-order valence-electron chi connectivity index (χ4n) is 3.95. The summed E-state index contributed by atoms with van der Waals surface area (Å²) in [6, 6.07) is -0.181. The second kappa shape index (κ2) is 6.12. The zero-order chi connectivity index (χ0) is 21.3. The van der Waals surface area contributed by atoms with Crippen molar-refractivity contribution in [3.05, 3.63) is 51.1 Å². The molecule has 0 bridgehead atoms. The molecule has 9 nitrogen and oxygen atoms in total. The summed E-state index contributed by atoms with van der Waals surface area (Å²) < 4.78 is 32.4. The molecule has 30 heavy (non-hydrogen) atoms. The van der Waals surface area contributed by atoms with Gasteiger partial charge in [0.25, 0.3) is 0 Å². The van der Waals surface area contributed by atoms with Gasteiger partial charge in [0.1, 0.15) is 11.3 Å². The lowest BCUT2D eigenvalue weighted by Crippen LogP contribution is -2.24. The minimum atomic E-state index is -1.48. The van der Waals surface area contributed by atoms with E-state index in [2.05, 4.69) is 9.97 Å². The molecule has 1 aliphatic heterocycles. The van der Waals surface area contributed by atoms with E-state index in [0.717, 1.165) is 6.20 Å². The van der Waals surface area contributed by atoms with Crippen molar-refractivity contribution in [2.24, 2.45) is 0 Å². The van der Waals surface area contributed by atoms with Crippen LogP contribution in [-0.2, 0) is 13.1 Å². The largest absolute Gasteiger partial charge is 0.477 e. The Morgan fingerprint density at radius 3 is 2.60 bits per heavy atom. The van der Waals surface area contributed by atoms with Gasteiger partial charge in [0, 0.05) is 30.5 Å². The Balaban J connectivity index is 1.78. The quantitative estimate of drug-likeness (QED) is 0.551. The third-order valence-electron chi connectivity index (χ3n) is 5.53. The van der Waals surface area contributed by atoms with Crippen molar-refractivity contribution in [2.45, 2.75) is 32.0 Å². The molecule has 3 aromatic rings. The Morgan fingerprint density at radius 1 is 1.20 bits per heavy atom. The number of nitrogen functional groups attached to an aromatic ring is 2. The van der Waals surface area contributed by atoms with Crippen molar-refractivity contribution in [1.82, 2.24) is 14.5 Å². The number of nitrogens with zero attached hydrogens (tertiary/aromatic N) is 4. The highest BCUT2D eigenvalue weighted by molar-refractivity contribution is 5.99. The number of fused-ring (bicyclic) bond motifs is 2. The van der Waals surface area contributed by atoms with E-state index in [4.69, 9.17) is 11.5 Å². The van der Waals surface area contributed by atoms with Crippen molar-refractivity contribution in [2.75, 3.05) is 16.4 Å². The SMILES string of the molecule is Nc1ncc2c(n1)CN(c1c(F)c(N)c3c(=O)c(C(=O)O)cn(C4CC4)c3c1F)C2. The van der Waals surface area contributed by atoms with Crippen molar-refractivity contribution >= 4 is 34.2 Å². The summed E-state index contributed by atoms with van der Waals surface area (Å²) in [6.07, 6.45) is 3.98. The summed E-state index contributed by atoms with van der Waals surface area (Å²) >= 11 is 0. The molecule has 1 aliphatic carbocycles. The van der Waals surface area contributed by atoms with Gasteiger partial charge in [0.2, 0.25) is 11.4 Å². The molecule has 5 rings (SSSR count). The number of aromatic carboxylic acids is 1. The van der Waals surface area contributed by atoms with E-state index in [0.29, 0.717) is 24.1 Å². The first-order valence-electron chi connectivity index (χ1n) is 9.21. The monoisotopic (exact) mass is 414 g/mol. The van der Waals surface area contributed by atoms with Gasteiger partial charge >= 0.3 is 5.97 Å². The van der Waals surface area contributed by atoms with Gasteiger partial charge in [-0.15, -0.1) is 0 Å². The van der Waals surface area contributed by atoms with Gasteiger partial charge in [0.05, 0.1) is 28.8 Å². The predicted octanol–water partition coefficient (Wildman–Crippen LogP) is 1.79. The van der Waals surface area contributed by atoms with Gasteiger partial charge in [0.15, 0.2) is 11.6 Å². The lowest BCUT2D eigenvalue weighted by molar-refractivity contribution is 0.0695. The molecule has 5 N–H and O–H groups in total. The minimum absolute atomic E-state index is 0.0540. The Bertz CT molecular complexity index is 1320. The molecule has 3 heterocycles. The molecule has 1 aromatic carbocycles. The normalized spacial score (nSPS) is 15.6. The number of carboxylic acid groups (broad SMARTS) is 1. The third kappa shape index (κ3) is 2.51. The van der Waals surface area contributed by atoms with Crippen LogP contribution in [0, 0.1) is 11.6 Å². The lowest BCUT2D eigenvalue weighted by atomic mass is 10.1. The van der Waals surface area contributed by atoms with Crippen LogP contribution < -0.4 is 21.8 Å². The molecule has 0 unspecified atom stereocenters. The average Bonchev–Trinajstić information content (AvgIpc) is 3.45. The molecule has 2 aromatic heterocycles. The molecule has 0 radical (unpaired) electrons. The van der Waals surface area contributed by atoms with E-state index in [1.165, 1.54) is 15.7 Å². The van der Waals surface area contributed by atoms with E-state index < -0.39 is 45.4 Å². The molecule has 11 heteroatoms. The van der Waals surface area contributed by atoms with Crippen LogP contribution in [0.15, 0.2) is 17.2 Å². The first-order valence-corrected chi connectivity index (χ1v) is 9.21. The van der Waals surface area contributed by atoms with Gasteiger partial charge in [-0.2, -0.15) is 0 Å². The second-order valence-corrected chi connectivity index (χ2v) is 7.49. The molecule has 1 fully saturated rings. The zero-order valence-corrected chi connectivity index (χ0v) is 15.5. The Kier molecular flexibility index (Phi) is 3.73. The minimum Gasteiger partial charge on any atom is -0.477 e. The number of halogens is 2. The van der Waals surface area contributed by atoms with Crippen LogP contribution in [0.2, 0.25) is 0 Å². The lowest BCUT2D eigenvalue weighted by Gasteiger charge is -2.23. The summed E-state index contributed by atoms with van der Waals surface area (Å²) in [4.78, 5) is 33.6. The fourth-order valence-corrected chi connectivity index (χ4v) is 3.95. The van der Waals surface area contributed by atoms with E-state index in [-0.39, 0.29) is 30.6 Å². The number of aromatic nitrogens is 3. The molecule has 0 saturated heterocycles. The number of hydrogen-bond acceptors (Lipinski definition) is 7. The topological polar surface area (TPSA) is 140 Å². The van der Waals surface area contributed by atoms with Crippen LogP contribution in [0.5, 0.6) is 0 Å². The Labute approximate surface area is 167 Å². The summed E-state index contributed by atoms with van der Waals surface area (Å²) in [7, 11) is 0. The van der Waals surface area contributed by atoms with Crippen molar-refractivity contribution in [3.63, 3.8) is 0 Å². The van der Waals surface area contributed by atoms with Crippen molar-refractivity contribution < 1.29 is 18.7 Å². The highest BCUT2D eigenvalue weighted by Crippen LogP contribution is 2.42. The molecule has 0 amide bonds. The number of anilines is 3. The average molecular weight is 414 g/mol. The van der Waals surface area contributed by atoms with Gasteiger partial charge in [-0.3, -0.25) is 4.79 Å². The van der Waals surface area contributed by atoms with E-state index >= 15 is 8.78 Å². The van der Waals surface area contributed by atoms with E-state index in [9.17, 15) is 14.7 Å². The summed E-state index contributed by atoms with van der Waals surface area (Å²) in [5, 5.41) is 8.90. The maximum Gasteiger partial charge on any atom is 0.341 e. The summed E-state index contributed by atoms with van der Waals surface area (Å²) in [6.45, 7) is 0.219. The van der Waals surface area contributed by atoms with Gasteiger partial charge in [-0.1, -0.05) is 0 Å². The first kappa shape index (κ1) is 18.3. The number of rotatable bonds is 3. The maximum atomic E-state index is 15.7. The number of hydrogen-bond donors (Lipinski definition) is 3. The zero-order valence-electron chi connectivity index (χ0n) is 15.5. The smallest absolute Gasteiger partial charge is 0.341 e. The number of nitrogens with two attached hydrogens (primary N) is 2. The molecule has 154 valence electrons. The predicted molar refractivity (Wildman–Crippen MR) is 104 cm³/mol. The fraction of sp³-hybridized carbons (Fsp3) is 0.263. The van der Waals surface area contributed by atoms with Crippen LogP contribution in [0.25, 0.3) is 10.9 Å². The summed E-state index contributed by atoms with van der Waals surface area (Å²) in [5.41, 5.74) is 9.97. The number of pyridine rings is 1.